The van der Waals surface area contributed by atoms with E-state index in [4.69, 9.17) is 0 Å². The van der Waals surface area contributed by atoms with E-state index in [-0.39, 0.29) is 22.8 Å². The van der Waals surface area contributed by atoms with Crippen LogP contribution in [-0.2, 0) is 10.5 Å². The zero-order valence-electron chi connectivity index (χ0n) is 19.6. The van der Waals surface area contributed by atoms with Crippen LogP contribution in [0.2, 0.25) is 0 Å². The number of fused-ring (bicyclic) bond motifs is 1. The van der Waals surface area contributed by atoms with E-state index < -0.39 is 0 Å². The number of aryl methyl sites for hydroxylation is 2. The Kier molecular flexibility index (Phi) is 7.38. The number of hydrogen-bond acceptors (Lipinski definition) is 6. The predicted molar refractivity (Wildman–Crippen MR) is 144 cm³/mol. The summed E-state index contributed by atoms with van der Waals surface area (Å²) in [6.07, 6.45) is 0. The van der Waals surface area contributed by atoms with Gasteiger partial charge in [-0.05, 0) is 63.1 Å². The Balaban J connectivity index is 1.32. The Labute approximate surface area is 207 Å². The Morgan fingerprint density at radius 1 is 1.06 bits per heavy atom. The van der Waals surface area contributed by atoms with Gasteiger partial charge in [-0.3, -0.25) is 9.59 Å². The van der Waals surface area contributed by atoms with Gasteiger partial charge >= 0.3 is 0 Å². The number of thioether (sulfide) groups is 1. The Hall–Kier alpha value is -3.10. The molecule has 0 saturated heterocycles. The number of nitrogens with zero attached hydrogens (tertiary/aromatic N) is 1. The average molecular weight is 493 g/mol. The lowest BCUT2D eigenvalue weighted by atomic mass is 10.1. The summed E-state index contributed by atoms with van der Waals surface area (Å²) in [5.74, 6) is 0.955. The Bertz CT molecular complexity index is 1350. The number of anilines is 2. The second-order valence-corrected chi connectivity index (χ2v) is 10.8. The SMILES string of the molecule is Cc1sc2nc(CSC(C)C(=O)Nc3ccc(NC(C)c4ccccc4)cc3)[nH]c(=O)c2c1C. The van der Waals surface area contributed by atoms with Crippen LogP contribution in [0.1, 0.15) is 41.7 Å². The first-order chi connectivity index (χ1) is 16.3. The number of carbonyl (C=O) groups excluding carboxylic acids is 1. The summed E-state index contributed by atoms with van der Waals surface area (Å²) in [5, 5.41) is 6.80. The number of aromatic nitrogens is 2. The van der Waals surface area contributed by atoms with Crippen molar-refractivity contribution in [2.75, 3.05) is 10.6 Å². The number of rotatable bonds is 8. The molecule has 2 aromatic carbocycles. The van der Waals surface area contributed by atoms with Gasteiger partial charge in [0.05, 0.1) is 16.4 Å². The van der Waals surface area contributed by atoms with Crippen molar-refractivity contribution >= 4 is 50.6 Å². The first kappa shape index (κ1) is 24.0. The highest BCUT2D eigenvalue weighted by molar-refractivity contribution is 7.99. The monoisotopic (exact) mass is 492 g/mol. The molecular formula is C26H28N4O2S2. The number of aromatic amines is 1. The van der Waals surface area contributed by atoms with Gasteiger partial charge in [0.2, 0.25) is 5.91 Å². The van der Waals surface area contributed by atoms with Gasteiger partial charge in [-0.25, -0.2) is 4.98 Å². The standard InChI is InChI=1S/C26H28N4O2S2/c1-15-17(3)34-26-23(15)25(32)29-22(30-26)14-33-18(4)24(31)28-21-12-10-20(11-13-21)27-16(2)19-8-6-5-7-9-19/h5-13,16,18,27H,14H2,1-4H3,(H,28,31)(H,29,30,32). The van der Waals surface area contributed by atoms with Crippen molar-refractivity contribution in [3.05, 3.63) is 86.8 Å². The molecule has 0 saturated carbocycles. The largest absolute Gasteiger partial charge is 0.379 e. The molecule has 8 heteroatoms. The molecule has 176 valence electrons. The number of hydrogen-bond donors (Lipinski definition) is 3. The van der Waals surface area contributed by atoms with Crippen LogP contribution in [0.15, 0.2) is 59.4 Å². The minimum atomic E-state index is -0.302. The van der Waals surface area contributed by atoms with E-state index in [9.17, 15) is 9.59 Å². The number of amides is 1. The molecule has 4 rings (SSSR count). The zero-order valence-corrected chi connectivity index (χ0v) is 21.3. The van der Waals surface area contributed by atoms with E-state index in [1.807, 2.05) is 63.2 Å². The van der Waals surface area contributed by atoms with Gasteiger partial charge in [-0.15, -0.1) is 23.1 Å². The summed E-state index contributed by atoms with van der Waals surface area (Å²) in [4.78, 5) is 34.4. The van der Waals surface area contributed by atoms with Gasteiger partial charge in [-0.2, -0.15) is 0 Å². The molecule has 0 aliphatic rings. The normalized spacial score (nSPS) is 12.9. The molecule has 0 aliphatic heterocycles. The second-order valence-electron chi connectivity index (χ2n) is 8.27. The first-order valence-corrected chi connectivity index (χ1v) is 13.0. The molecule has 2 atom stereocenters. The lowest BCUT2D eigenvalue weighted by molar-refractivity contribution is -0.115. The molecule has 0 fully saturated rings. The van der Waals surface area contributed by atoms with Crippen LogP contribution in [-0.4, -0.2) is 21.1 Å². The third kappa shape index (κ3) is 5.51. The lowest BCUT2D eigenvalue weighted by Crippen LogP contribution is -2.23. The summed E-state index contributed by atoms with van der Waals surface area (Å²) >= 11 is 2.97. The zero-order chi connectivity index (χ0) is 24.2. The van der Waals surface area contributed by atoms with Gasteiger partial charge in [-0.1, -0.05) is 30.3 Å². The third-order valence-corrected chi connectivity index (χ3v) is 8.02. The van der Waals surface area contributed by atoms with E-state index in [0.717, 1.165) is 26.6 Å². The second kappa shape index (κ2) is 10.4. The fourth-order valence-electron chi connectivity index (χ4n) is 3.62. The van der Waals surface area contributed by atoms with Crippen LogP contribution in [0, 0.1) is 13.8 Å². The highest BCUT2D eigenvalue weighted by Crippen LogP contribution is 2.27. The number of H-pyrrole nitrogens is 1. The number of benzene rings is 2. The van der Waals surface area contributed by atoms with E-state index in [1.54, 1.807) is 0 Å². The smallest absolute Gasteiger partial charge is 0.259 e. The van der Waals surface area contributed by atoms with Crippen LogP contribution in [0.3, 0.4) is 0 Å². The predicted octanol–water partition coefficient (Wildman–Crippen LogP) is 6.03. The minimum absolute atomic E-state index is 0.0883. The van der Waals surface area contributed by atoms with Crippen molar-refractivity contribution in [3.8, 4) is 0 Å². The van der Waals surface area contributed by atoms with Crippen LogP contribution < -0.4 is 16.2 Å². The van der Waals surface area contributed by atoms with E-state index in [0.29, 0.717) is 17.0 Å². The van der Waals surface area contributed by atoms with Crippen LogP contribution in [0.25, 0.3) is 10.2 Å². The number of nitrogens with one attached hydrogen (secondary N) is 3. The highest BCUT2D eigenvalue weighted by atomic mass is 32.2. The summed E-state index contributed by atoms with van der Waals surface area (Å²) < 4.78 is 0. The van der Waals surface area contributed by atoms with Crippen molar-refractivity contribution < 1.29 is 4.79 Å². The highest BCUT2D eigenvalue weighted by Gasteiger charge is 2.16. The van der Waals surface area contributed by atoms with Crippen molar-refractivity contribution in [1.29, 1.82) is 0 Å². The van der Waals surface area contributed by atoms with Crippen molar-refractivity contribution in [3.63, 3.8) is 0 Å². The maximum absolute atomic E-state index is 12.7. The van der Waals surface area contributed by atoms with Gasteiger partial charge in [0.15, 0.2) is 0 Å². The van der Waals surface area contributed by atoms with Crippen molar-refractivity contribution in [1.82, 2.24) is 9.97 Å². The molecule has 0 spiro atoms. The first-order valence-electron chi connectivity index (χ1n) is 11.1. The van der Waals surface area contributed by atoms with Gasteiger partial charge < -0.3 is 15.6 Å². The summed E-state index contributed by atoms with van der Waals surface area (Å²) in [7, 11) is 0. The topological polar surface area (TPSA) is 86.9 Å². The summed E-state index contributed by atoms with van der Waals surface area (Å²) in [6.45, 7) is 7.91. The van der Waals surface area contributed by atoms with E-state index >= 15 is 0 Å². The third-order valence-electron chi connectivity index (χ3n) is 5.76. The van der Waals surface area contributed by atoms with Gasteiger partial charge in [0.1, 0.15) is 10.7 Å². The van der Waals surface area contributed by atoms with Crippen molar-refractivity contribution in [2.45, 2.75) is 44.7 Å². The van der Waals surface area contributed by atoms with Gasteiger partial charge in [0.25, 0.3) is 5.56 Å². The molecule has 4 aromatic rings. The lowest BCUT2D eigenvalue weighted by Gasteiger charge is -2.16. The number of thiophene rings is 1. The minimum Gasteiger partial charge on any atom is -0.379 e. The van der Waals surface area contributed by atoms with Crippen LogP contribution >= 0.6 is 23.1 Å². The molecule has 0 aliphatic carbocycles. The Morgan fingerprint density at radius 2 is 1.74 bits per heavy atom. The molecule has 0 bridgehead atoms. The van der Waals surface area contributed by atoms with Crippen LogP contribution in [0.4, 0.5) is 11.4 Å². The van der Waals surface area contributed by atoms with E-state index in [1.165, 1.54) is 28.7 Å². The summed E-state index contributed by atoms with van der Waals surface area (Å²) in [6, 6.07) is 18.1. The molecule has 34 heavy (non-hydrogen) atoms. The van der Waals surface area contributed by atoms with Crippen molar-refractivity contribution in [2.24, 2.45) is 0 Å². The molecule has 1 amide bonds. The fraction of sp³-hybridized carbons (Fsp3) is 0.269. The maximum Gasteiger partial charge on any atom is 0.259 e. The van der Waals surface area contributed by atoms with Gasteiger partial charge in [0, 0.05) is 22.3 Å². The molecule has 6 nitrogen and oxygen atoms in total. The summed E-state index contributed by atoms with van der Waals surface area (Å²) in [5.41, 5.74) is 3.81. The molecule has 0 radical (unpaired) electrons. The molecule has 3 N–H and O–H groups in total. The molecular weight excluding hydrogens is 464 g/mol. The molecule has 2 unspecified atom stereocenters. The Morgan fingerprint density at radius 3 is 2.44 bits per heavy atom. The number of carbonyl (C=O) groups is 1. The molecule has 2 heterocycles. The average Bonchev–Trinajstić information content (AvgIpc) is 3.12. The fourth-order valence-corrected chi connectivity index (χ4v) is 5.42. The molecule has 2 aromatic heterocycles. The maximum atomic E-state index is 12.7. The van der Waals surface area contributed by atoms with E-state index in [2.05, 4.69) is 39.7 Å². The quantitative estimate of drug-likeness (QED) is 0.279. The van der Waals surface area contributed by atoms with Crippen LogP contribution in [0.5, 0.6) is 0 Å².